The molecule has 0 aliphatic rings. The van der Waals surface area contributed by atoms with Gasteiger partial charge in [-0.15, -0.1) is 0 Å². The van der Waals surface area contributed by atoms with Crippen LogP contribution in [0.4, 0.5) is 11.4 Å². The first-order valence-corrected chi connectivity index (χ1v) is 13.6. The Bertz CT molecular complexity index is 2160. The molecule has 0 amide bonds. The van der Waals surface area contributed by atoms with E-state index in [1.165, 1.54) is 38.4 Å². The number of fused-ring (bicyclic) bond motifs is 6. The number of para-hydroxylation sites is 1. The Labute approximate surface area is 232 Å². The van der Waals surface area contributed by atoms with Crippen LogP contribution in [0.1, 0.15) is 0 Å². The highest BCUT2D eigenvalue weighted by Gasteiger charge is 2.14. The lowest BCUT2D eigenvalue weighted by atomic mass is 9.95. The van der Waals surface area contributed by atoms with Gasteiger partial charge in [0.25, 0.3) is 0 Å². The Kier molecular flexibility index (Phi) is 5.17. The fourth-order valence-corrected chi connectivity index (χ4v) is 5.90. The summed E-state index contributed by atoms with van der Waals surface area (Å²) >= 11 is 0. The van der Waals surface area contributed by atoms with Crippen LogP contribution in [0.15, 0.2) is 150 Å². The second-order valence-electron chi connectivity index (χ2n) is 10.3. The topological polar surface area (TPSA) is 25.2 Å². The molecule has 188 valence electrons. The molecule has 0 aliphatic carbocycles. The van der Waals surface area contributed by atoms with Crippen molar-refractivity contribution in [2.24, 2.45) is 0 Å². The number of rotatable bonds is 4. The minimum absolute atomic E-state index is 0.922. The van der Waals surface area contributed by atoms with Crippen LogP contribution in [0.5, 0.6) is 0 Å². The van der Waals surface area contributed by atoms with Gasteiger partial charge in [-0.05, 0) is 74.8 Å². The molecule has 0 aliphatic heterocycles. The molecule has 0 bridgehead atoms. The molecule has 1 aromatic heterocycles. The normalized spacial score (nSPS) is 11.5. The maximum atomic E-state index is 6.29. The predicted molar refractivity (Wildman–Crippen MR) is 169 cm³/mol. The summed E-state index contributed by atoms with van der Waals surface area (Å²) in [6, 6.07) is 51.5. The molecular weight excluding hydrogens is 486 g/mol. The van der Waals surface area contributed by atoms with Crippen molar-refractivity contribution in [3.05, 3.63) is 146 Å². The maximum absolute atomic E-state index is 6.29. The van der Waals surface area contributed by atoms with Crippen LogP contribution in [0.3, 0.4) is 0 Å². The van der Waals surface area contributed by atoms with Crippen molar-refractivity contribution in [3.8, 4) is 22.3 Å². The number of anilines is 2. The van der Waals surface area contributed by atoms with Crippen LogP contribution in [-0.2, 0) is 0 Å². The molecule has 1 N–H and O–H groups in total. The lowest BCUT2D eigenvalue weighted by Gasteiger charge is -2.12. The minimum atomic E-state index is 0.922. The number of benzene rings is 7. The molecule has 0 atom stereocenters. The van der Waals surface area contributed by atoms with Gasteiger partial charge in [0.1, 0.15) is 11.2 Å². The zero-order chi connectivity index (χ0) is 26.5. The van der Waals surface area contributed by atoms with Gasteiger partial charge in [0.15, 0.2) is 0 Å². The zero-order valence-corrected chi connectivity index (χ0v) is 21.8. The lowest BCUT2D eigenvalue weighted by molar-refractivity contribution is 0.672. The summed E-state index contributed by atoms with van der Waals surface area (Å²) in [6.07, 6.45) is 0. The fourth-order valence-electron chi connectivity index (χ4n) is 5.90. The van der Waals surface area contributed by atoms with Crippen LogP contribution in [0.25, 0.3) is 65.7 Å². The van der Waals surface area contributed by atoms with Gasteiger partial charge < -0.3 is 9.73 Å². The van der Waals surface area contributed by atoms with Crippen molar-refractivity contribution in [2.75, 3.05) is 5.32 Å². The van der Waals surface area contributed by atoms with Gasteiger partial charge in [-0.2, -0.15) is 0 Å². The van der Waals surface area contributed by atoms with Crippen molar-refractivity contribution < 1.29 is 4.42 Å². The van der Waals surface area contributed by atoms with Crippen molar-refractivity contribution >= 4 is 54.9 Å². The molecule has 0 fully saturated rings. The Hall–Kier alpha value is -5.34. The van der Waals surface area contributed by atoms with Crippen LogP contribution in [0.2, 0.25) is 0 Å². The van der Waals surface area contributed by atoms with Crippen molar-refractivity contribution in [1.82, 2.24) is 0 Å². The highest BCUT2D eigenvalue weighted by molar-refractivity contribution is 6.19. The van der Waals surface area contributed by atoms with Crippen LogP contribution >= 0.6 is 0 Å². The second kappa shape index (κ2) is 9.14. The number of hydrogen-bond donors (Lipinski definition) is 1. The summed E-state index contributed by atoms with van der Waals surface area (Å²) in [6.45, 7) is 0. The largest absolute Gasteiger partial charge is 0.455 e. The van der Waals surface area contributed by atoms with E-state index >= 15 is 0 Å². The zero-order valence-electron chi connectivity index (χ0n) is 21.8. The van der Waals surface area contributed by atoms with Gasteiger partial charge in [-0.3, -0.25) is 0 Å². The van der Waals surface area contributed by atoms with E-state index in [1.807, 2.05) is 12.1 Å². The van der Waals surface area contributed by atoms with Gasteiger partial charge in [0, 0.05) is 27.5 Å². The van der Waals surface area contributed by atoms with E-state index in [0.717, 1.165) is 38.7 Å². The van der Waals surface area contributed by atoms with Crippen LogP contribution in [-0.4, -0.2) is 0 Å². The van der Waals surface area contributed by atoms with Gasteiger partial charge >= 0.3 is 0 Å². The molecule has 8 aromatic rings. The summed E-state index contributed by atoms with van der Waals surface area (Å²) in [5, 5.41) is 10.7. The first-order valence-electron chi connectivity index (χ1n) is 13.6. The summed E-state index contributed by atoms with van der Waals surface area (Å²) in [4.78, 5) is 0. The molecule has 0 saturated heterocycles. The van der Waals surface area contributed by atoms with E-state index in [2.05, 4.69) is 139 Å². The quantitative estimate of drug-likeness (QED) is 0.254. The van der Waals surface area contributed by atoms with Crippen molar-refractivity contribution in [1.29, 1.82) is 0 Å². The van der Waals surface area contributed by atoms with Crippen molar-refractivity contribution in [2.45, 2.75) is 0 Å². The third-order valence-corrected chi connectivity index (χ3v) is 7.85. The Morgan fingerprint density at radius 1 is 0.400 bits per heavy atom. The molecule has 0 unspecified atom stereocenters. The molecule has 40 heavy (non-hydrogen) atoms. The fraction of sp³-hybridized carbons (Fsp3) is 0. The monoisotopic (exact) mass is 511 g/mol. The Balaban J connectivity index is 1.12. The standard InChI is InChI=1S/C38H25NO/c1-2-10-30-25(8-1)9-7-14-31(30)26-16-20-28(21-17-26)39-29-22-18-27(19-23-29)35-24-36-33-12-5-6-15-37(33)40-38(36)34-13-4-3-11-32(34)35/h1-24,39H. The third kappa shape index (κ3) is 3.73. The lowest BCUT2D eigenvalue weighted by Crippen LogP contribution is -1.91. The summed E-state index contributed by atoms with van der Waals surface area (Å²) in [5.74, 6) is 0. The smallest absolute Gasteiger partial charge is 0.143 e. The van der Waals surface area contributed by atoms with Crippen molar-refractivity contribution in [3.63, 3.8) is 0 Å². The SMILES string of the molecule is c1ccc2c(-c3ccc(Nc4ccc(-c5cc6c7ccccc7oc6c6ccccc56)cc4)cc3)cccc2c1. The van der Waals surface area contributed by atoms with Crippen LogP contribution < -0.4 is 5.32 Å². The first kappa shape index (κ1) is 22.6. The maximum Gasteiger partial charge on any atom is 0.143 e. The average Bonchev–Trinajstić information content (AvgIpc) is 3.40. The molecule has 2 nitrogen and oxygen atoms in total. The molecule has 7 aromatic carbocycles. The van der Waals surface area contributed by atoms with Gasteiger partial charge in [-0.1, -0.05) is 109 Å². The Morgan fingerprint density at radius 3 is 1.73 bits per heavy atom. The van der Waals surface area contributed by atoms with E-state index < -0.39 is 0 Å². The van der Waals surface area contributed by atoms with Crippen LogP contribution in [0, 0.1) is 0 Å². The van der Waals surface area contributed by atoms with E-state index in [1.54, 1.807) is 0 Å². The minimum Gasteiger partial charge on any atom is -0.455 e. The molecular formula is C38H25NO. The van der Waals surface area contributed by atoms with E-state index in [0.29, 0.717) is 0 Å². The molecule has 0 spiro atoms. The number of nitrogens with one attached hydrogen (secondary N) is 1. The molecule has 2 heteroatoms. The van der Waals surface area contributed by atoms with Gasteiger partial charge in [-0.25, -0.2) is 0 Å². The summed E-state index contributed by atoms with van der Waals surface area (Å²) in [7, 11) is 0. The summed E-state index contributed by atoms with van der Waals surface area (Å²) < 4.78 is 6.29. The van der Waals surface area contributed by atoms with E-state index in [-0.39, 0.29) is 0 Å². The highest BCUT2D eigenvalue weighted by Crippen LogP contribution is 2.40. The Morgan fingerprint density at radius 2 is 0.975 bits per heavy atom. The van der Waals surface area contributed by atoms with E-state index in [9.17, 15) is 0 Å². The molecule has 0 saturated carbocycles. The highest BCUT2D eigenvalue weighted by atomic mass is 16.3. The van der Waals surface area contributed by atoms with E-state index in [4.69, 9.17) is 4.42 Å². The molecule has 0 radical (unpaired) electrons. The van der Waals surface area contributed by atoms with Gasteiger partial charge in [0.2, 0.25) is 0 Å². The second-order valence-corrected chi connectivity index (χ2v) is 10.3. The summed E-state index contributed by atoms with van der Waals surface area (Å²) in [5.41, 5.74) is 8.85. The number of furan rings is 1. The third-order valence-electron chi connectivity index (χ3n) is 7.85. The van der Waals surface area contributed by atoms with Gasteiger partial charge in [0.05, 0.1) is 0 Å². The molecule has 8 rings (SSSR count). The first-order chi connectivity index (χ1) is 19.8. The molecule has 1 heterocycles. The average molecular weight is 512 g/mol. The number of hydrogen-bond acceptors (Lipinski definition) is 2. The predicted octanol–water partition coefficient (Wildman–Crippen LogP) is 11.0.